The first-order valence-corrected chi connectivity index (χ1v) is 9.42. The van der Waals surface area contributed by atoms with Gasteiger partial charge in [0.2, 0.25) is 5.91 Å². The molecule has 1 amide bonds. The van der Waals surface area contributed by atoms with E-state index in [9.17, 15) is 9.90 Å². The van der Waals surface area contributed by atoms with Crippen LogP contribution in [0, 0.1) is 0 Å². The van der Waals surface area contributed by atoms with Crippen LogP contribution in [-0.4, -0.2) is 53.5 Å². The molecule has 2 aromatic heterocycles. The van der Waals surface area contributed by atoms with Crippen LogP contribution < -0.4 is 0 Å². The number of piperazine rings is 1. The van der Waals surface area contributed by atoms with Crippen molar-refractivity contribution in [2.24, 2.45) is 0 Å². The Morgan fingerprint density at radius 2 is 1.91 bits per heavy atom. The Kier molecular flexibility index (Phi) is 5.61. The van der Waals surface area contributed by atoms with Crippen LogP contribution in [0.4, 0.5) is 0 Å². The first-order valence-electron chi connectivity index (χ1n) is 7.67. The first kappa shape index (κ1) is 16.4. The van der Waals surface area contributed by atoms with E-state index in [1.807, 2.05) is 46.0 Å². The molecule has 0 aromatic carbocycles. The molecule has 0 spiro atoms. The molecule has 4 nitrogen and oxygen atoms in total. The minimum absolute atomic E-state index is 0.0665. The number of carbonyl (C=O) groups is 1. The zero-order valence-electron chi connectivity index (χ0n) is 12.8. The highest BCUT2D eigenvalue weighted by atomic mass is 32.1. The fraction of sp³-hybridized carbons (Fsp3) is 0.353. The highest BCUT2D eigenvalue weighted by molar-refractivity contribution is 7.10. The zero-order valence-corrected chi connectivity index (χ0v) is 14.4. The summed E-state index contributed by atoms with van der Waals surface area (Å²) in [7, 11) is 0. The molecule has 0 saturated carbocycles. The average molecular weight is 348 g/mol. The van der Waals surface area contributed by atoms with Crippen molar-refractivity contribution in [1.82, 2.24) is 9.80 Å². The van der Waals surface area contributed by atoms with Crippen LogP contribution in [0.15, 0.2) is 41.1 Å². The molecule has 1 fully saturated rings. The smallest absolute Gasteiger partial charge is 0.246 e. The Labute approximate surface area is 144 Å². The maximum absolute atomic E-state index is 12.2. The lowest BCUT2D eigenvalue weighted by Crippen LogP contribution is -2.49. The van der Waals surface area contributed by atoms with Crippen molar-refractivity contribution in [1.29, 1.82) is 0 Å². The Morgan fingerprint density at radius 3 is 2.57 bits per heavy atom. The molecule has 0 aliphatic carbocycles. The monoisotopic (exact) mass is 348 g/mol. The zero-order chi connectivity index (χ0) is 16.1. The van der Waals surface area contributed by atoms with Gasteiger partial charge in [0.15, 0.2) is 0 Å². The summed E-state index contributed by atoms with van der Waals surface area (Å²) in [5.41, 5.74) is 0. The van der Waals surface area contributed by atoms with Crippen molar-refractivity contribution in [3.05, 3.63) is 50.9 Å². The number of hydrogen-bond acceptors (Lipinski definition) is 5. The normalized spacial score (nSPS) is 17.7. The Bertz CT molecular complexity index is 630. The second-order valence-corrected chi connectivity index (χ2v) is 7.46. The number of aliphatic hydroxyl groups excluding tert-OH is 1. The molecule has 23 heavy (non-hydrogen) atoms. The summed E-state index contributed by atoms with van der Waals surface area (Å²) < 4.78 is 0. The number of nitrogens with zero attached hydrogens (tertiary/aromatic N) is 2. The van der Waals surface area contributed by atoms with Gasteiger partial charge in [-0.05, 0) is 29.0 Å². The molecule has 122 valence electrons. The molecule has 0 radical (unpaired) electrons. The van der Waals surface area contributed by atoms with Gasteiger partial charge in [-0.15, -0.1) is 22.7 Å². The topological polar surface area (TPSA) is 43.8 Å². The van der Waals surface area contributed by atoms with E-state index in [2.05, 4.69) is 4.90 Å². The summed E-state index contributed by atoms with van der Waals surface area (Å²) in [4.78, 5) is 18.4. The highest BCUT2D eigenvalue weighted by Crippen LogP contribution is 2.20. The van der Waals surface area contributed by atoms with Gasteiger partial charge in [-0.1, -0.05) is 12.1 Å². The lowest BCUT2D eigenvalue weighted by atomic mass is 10.2. The van der Waals surface area contributed by atoms with Gasteiger partial charge in [0, 0.05) is 48.6 Å². The SMILES string of the molecule is O=C(/C=C/c1cccs1)N1CCN(C[C@H](O)c2cccs2)CC1. The predicted molar refractivity (Wildman–Crippen MR) is 95.7 cm³/mol. The number of β-amino-alcohol motifs (C(OH)–C–C–N with tert-alkyl or cyclic N) is 1. The van der Waals surface area contributed by atoms with E-state index >= 15 is 0 Å². The molecule has 1 aliphatic heterocycles. The minimum Gasteiger partial charge on any atom is -0.386 e. The number of rotatable bonds is 5. The van der Waals surface area contributed by atoms with Crippen LogP contribution in [0.1, 0.15) is 15.9 Å². The van der Waals surface area contributed by atoms with Crippen molar-refractivity contribution >= 4 is 34.7 Å². The molecule has 0 unspecified atom stereocenters. The van der Waals surface area contributed by atoms with Crippen molar-refractivity contribution < 1.29 is 9.90 Å². The number of carbonyl (C=O) groups excluding carboxylic acids is 1. The van der Waals surface area contributed by atoms with Crippen molar-refractivity contribution in [2.45, 2.75) is 6.10 Å². The summed E-state index contributed by atoms with van der Waals surface area (Å²) in [5, 5.41) is 14.2. The van der Waals surface area contributed by atoms with Crippen molar-refractivity contribution in [3.63, 3.8) is 0 Å². The molecular weight excluding hydrogens is 328 g/mol. The molecule has 3 rings (SSSR count). The van der Waals surface area contributed by atoms with Crippen LogP contribution >= 0.6 is 22.7 Å². The van der Waals surface area contributed by atoms with Crippen LogP contribution in [-0.2, 0) is 4.79 Å². The highest BCUT2D eigenvalue weighted by Gasteiger charge is 2.22. The summed E-state index contributed by atoms with van der Waals surface area (Å²) in [6.07, 6.45) is 3.10. The Hall–Kier alpha value is -1.47. The quantitative estimate of drug-likeness (QED) is 0.845. The third kappa shape index (κ3) is 4.51. The predicted octanol–water partition coefficient (Wildman–Crippen LogP) is 2.70. The van der Waals surface area contributed by atoms with E-state index in [4.69, 9.17) is 0 Å². The largest absolute Gasteiger partial charge is 0.386 e. The van der Waals surface area contributed by atoms with E-state index in [0.717, 1.165) is 22.8 Å². The first-order chi connectivity index (χ1) is 11.2. The van der Waals surface area contributed by atoms with Crippen molar-refractivity contribution in [2.75, 3.05) is 32.7 Å². The van der Waals surface area contributed by atoms with Gasteiger partial charge < -0.3 is 10.0 Å². The fourth-order valence-electron chi connectivity index (χ4n) is 2.61. The van der Waals surface area contributed by atoms with E-state index in [-0.39, 0.29) is 5.91 Å². The number of amides is 1. The van der Waals surface area contributed by atoms with Gasteiger partial charge in [-0.25, -0.2) is 0 Å². The maximum atomic E-state index is 12.2. The summed E-state index contributed by atoms with van der Waals surface area (Å²) >= 11 is 3.21. The molecule has 6 heteroatoms. The third-order valence-corrected chi connectivity index (χ3v) is 5.73. The van der Waals surface area contributed by atoms with Gasteiger partial charge in [-0.3, -0.25) is 9.69 Å². The van der Waals surface area contributed by atoms with Crippen LogP contribution in [0.25, 0.3) is 6.08 Å². The minimum atomic E-state index is -0.434. The number of hydrogen-bond donors (Lipinski definition) is 1. The summed E-state index contributed by atoms with van der Waals surface area (Å²) in [5.74, 6) is 0.0665. The third-order valence-electron chi connectivity index (χ3n) is 3.92. The fourth-order valence-corrected chi connectivity index (χ4v) is 3.93. The van der Waals surface area contributed by atoms with E-state index in [1.165, 1.54) is 0 Å². The maximum Gasteiger partial charge on any atom is 0.246 e. The molecular formula is C17H20N2O2S2. The summed E-state index contributed by atoms with van der Waals surface area (Å²) in [6.45, 7) is 3.67. The molecule has 1 aliphatic rings. The lowest BCUT2D eigenvalue weighted by Gasteiger charge is -2.35. The molecule has 0 bridgehead atoms. The van der Waals surface area contributed by atoms with Gasteiger partial charge in [0.05, 0.1) is 0 Å². The Morgan fingerprint density at radius 1 is 1.17 bits per heavy atom. The van der Waals surface area contributed by atoms with E-state index < -0.39 is 6.10 Å². The average Bonchev–Trinajstić information content (AvgIpc) is 3.26. The molecule has 1 atom stereocenters. The molecule has 1 N–H and O–H groups in total. The molecule has 2 aromatic rings. The second kappa shape index (κ2) is 7.88. The lowest BCUT2D eigenvalue weighted by molar-refractivity contribution is -0.127. The standard InChI is InChI=1S/C17H20N2O2S2/c20-15(16-4-2-12-23-16)13-18-7-9-19(10-8-18)17(21)6-5-14-3-1-11-22-14/h1-6,11-12,15,20H,7-10,13H2/b6-5+/t15-/m0/s1. The van der Waals surface area contributed by atoms with Crippen LogP contribution in [0.2, 0.25) is 0 Å². The summed E-state index contributed by atoms with van der Waals surface area (Å²) in [6, 6.07) is 7.90. The Balaban J connectivity index is 1.45. The van der Waals surface area contributed by atoms with Gasteiger partial charge in [0.1, 0.15) is 6.10 Å². The van der Waals surface area contributed by atoms with Crippen LogP contribution in [0.5, 0.6) is 0 Å². The number of aliphatic hydroxyl groups is 1. The van der Waals surface area contributed by atoms with E-state index in [0.29, 0.717) is 19.6 Å². The number of thiophene rings is 2. The van der Waals surface area contributed by atoms with Gasteiger partial charge >= 0.3 is 0 Å². The van der Waals surface area contributed by atoms with E-state index in [1.54, 1.807) is 28.7 Å². The van der Waals surface area contributed by atoms with Crippen molar-refractivity contribution in [3.8, 4) is 0 Å². The molecule has 3 heterocycles. The molecule has 1 saturated heterocycles. The van der Waals surface area contributed by atoms with Gasteiger partial charge in [-0.2, -0.15) is 0 Å². The van der Waals surface area contributed by atoms with Gasteiger partial charge in [0.25, 0.3) is 0 Å². The van der Waals surface area contributed by atoms with Crippen LogP contribution in [0.3, 0.4) is 0 Å². The second-order valence-electron chi connectivity index (χ2n) is 5.51.